The fourth-order valence-corrected chi connectivity index (χ4v) is 4.29. The molecule has 1 aliphatic carbocycles. The molecule has 1 aromatic carbocycles. The predicted octanol–water partition coefficient (Wildman–Crippen LogP) is 4.53. The second-order valence-corrected chi connectivity index (χ2v) is 6.34. The molecule has 0 amide bonds. The van der Waals surface area contributed by atoms with Crippen molar-refractivity contribution in [2.24, 2.45) is 0 Å². The molecule has 0 saturated carbocycles. The fraction of sp³-hybridized carbons (Fsp3) is 0.294. The van der Waals surface area contributed by atoms with Crippen molar-refractivity contribution in [3.63, 3.8) is 0 Å². The highest BCUT2D eigenvalue weighted by Crippen LogP contribution is 2.46. The summed E-state index contributed by atoms with van der Waals surface area (Å²) in [6.07, 6.45) is 3.80. The van der Waals surface area contributed by atoms with Crippen molar-refractivity contribution in [3.05, 3.63) is 63.5 Å². The lowest BCUT2D eigenvalue weighted by atomic mass is 9.78. The van der Waals surface area contributed by atoms with Gasteiger partial charge in [0.2, 0.25) is 0 Å². The zero-order valence-electron chi connectivity index (χ0n) is 10.9. The highest BCUT2D eigenvalue weighted by Gasteiger charge is 2.29. The number of rotatable bonds is 1. The number of hydrogen-bond acceptors (Lipinski definition) is 2. The van der Waals surface area contributed by atoms with Gasteiger partial charge in [0.25, 0.3) is 0 Å². The molecule has 1 nitrogen and oxygen atoms in total. The highest BCUT2D eigenvalue weighted by molar-refractivity contribution is 7.10. The number of hydrogen-bond donors (Lipinski definition) is 1. The first-order valence-corrected chi connectivity index (χ1v) is 7.90. The Labute approximate surface area is 118 Å². The van der Waals surface area contributed by atoms with Gasteiger partial charge in [-0.1, -0.05) is 30.3 Å². The first-order valence-electron chi connectivity index (χ1n) is 7.02. The van der Waals surface area contributed by atoms with Crippen molar-refractivity contribution < 1.29 is 0 Å². The number of thiophene rings is 1. The molecule has 0 bridgehead atoms. The van der Waals surface area contributed by atoms with Crippen LogP contribution < -0.4 is 5.32 Å². The van der Waals surface area contributed by atoms with Crippen molar-refractivity contribution in [2.75, 3.05) is 0 Å². The zero-order chi connectivity index (χ0) is 12.7. The molecule has 2 aromatic rings. The number of nitrogens with one attached hydrogen (secondary N) is 1. The molecule has 0 saturated heterocycles. The molecule has 2 aliphatic rings. The van der Waals surface area contributed by atoms with E-state index in [0.717, 1.165) is 6.54 Å². The second kappa shape index (κ2) is 4.53. The molecule has 96 valence electrons. The van der Waals surface area contributed by atoms with Crippen LogP contribution in [-0.2, 0) is 6.54 Å². The molecule has 0 spiro atoms. The van der Waals surface area contributed by atoms with Crippen LogP contribution >= 0.6 is 11.3 Å². The van der Waals surface area contributed by atoms with Gasteiger partial charge >= 0.3 is 0 Å². The molecule has 2 heterocycles. The second-order valence-electron chi connectivity index (χ2n) is 5.36. The van der Waals surface area contributed by atoms with Crippen molar-refractivity contribution in [2.45, 2.75) is 31.7 Å². The summed E-state index contributed by atoms with van der Waals surface area (Å²) in [4.78, 5) is 1.52. The van der Waals surface area contributed by atoms with E-state index in [0.29, 0.717) is 5.92 Å². The van der Waals surface area contributed by atoms with Crippen LogP contribution in [0.3, 0.4) is 0 Å². The summed E-state index contributed by atoms with van der Waals surface area (Å²) in [6, 6.07) is 13.4. The minimum atomic E-state index is 0.595. The van der Waals surface area contributed by atoms with E-state index in [1.165, 1.54) is 41.0 Å². The Hall–Kier alpha value is -1.54. The van der Waals surface area contributed by atoms with Crippen molar-refractivity contribution in [1.82, 2.24) is 5.32 Å². The lowest BCUT2D eigenvalue weighted by molar-refractivity contribution is 0.600. The summed E-state index contributed by atoms with van der Waals surface area (Å²) < 4.78 is 0. The Balaban J connectivity index is 1.88. The Morgan fingerprint density at radius 2 is 2.05 bits per heavy atom. The van der Waals surface area contributed by atoms with Crippen LogP contribution in [0.1, 0.15) is 41.2 Å². The van der Waals surface area contributed by atoms with E-state index in [-0.39, 0.29) is 0 Å². The largest absolute Gasteiger partial charge is 0.384 e. The van der Waals surface area contributed by atoms with Gasteiger partial charge < -0.3 is 5.32 Å². The number of fused-ring (bicyclic) bond motifs is 2. The fourth-order valence-electron chi connectivity index (χ4n) is 3.42. The van der Waals surface area contributed by atoms with Crippen molar-refractivity contribution >= 4 is 16.9 Å². The minimum absolute atomic E-state index is 0.595. The Morgan fingerprint density at radius 1 is 1.11 bits per heavy atom. The smallest absolute Gasteiger partial charge is 0.0403 e. The summed E-state index contributed by atoms with van der Waals surface area (Å²) in [7, 11) is 0. The van der Waals surface area contributed by atoms with E-state index < -0.39 is 0 Å². The molecule has 1 unspecified atom stereocenters. The predicted molar refractivity (Wildman–Crippen MR) is 81.1 cm³/mol. The quantitative estimate of drug-likeness (QED) is 0.800. The maximum Gasteiger partial charge on any atom is 0.0403 e. The van der Waals surface area contributed by atoms with E-state index >= 15 is 0 Å². The Morgan fingerprint density at radius 3 is 2.95 bits per heavy atom. The normalized spacial score (nSPS) is 21.6. The van der Waals surface area contributed by atoms with Gasteiger partial charge in [-0.25, -0.2) is 0 Å². The molecule has 0 radical (unpaired) electrons. The molecule has 0 fully saturated rings. The third kappa shape index (κ3) is 1.82. The van der Waals surface area contributed by atoms with Gasteiger partial charge in [-0.3, -0.25) is 0 Å². The number of allylic oxidation sites excluding steroid dienone is 2. The SMILES string of the molecule is c1csc(C2CCCC3=C2c2ccccc2CN3)c1. The molecule has 1 aliphatic heterocycles. The lowest BCUT2D eigenvalue weighted by Gasteiger charge is -2.33. The van der Waals surface area contributed by atoms with Crippen molar-refractivity contribution in [3.8, 4) is 0 Å². The topological polar surface area (TPSA) is 12.0 Å². The van der Waals surface area contributed by atoms with Gasteiger partial charge in [0.05, 0.1) is 0 Å². The van der Waals surface area contributed by atoms with Gasteiger partial charge in [0.1, 0.15) is 0 Å². The molecule has 4 rings (SSSR count). The molecule has 1 N–H and O–H groups in total. The first-order chi connectivity index (χ1) is 9.43. The van der Waals surface area contributed by atoms with Crippen LogP contribution in [-0.4, -0.2) is 0 Å². The van der Waals surface area contributed by atoms with Gasteiger partial charge in [-0.15, -0.1) is 11.3 Å². The maximum atomic E-state index is 3.65. The minimum Gasteiger partial charge on any atom is -0.384 e. The van der Waals surface area contributed by atoms with Crippen molar-refractivity contribution in [1.29, 1.82) is 0 Å². The molecule has 19 heavy (non-hydrogen) atoms. The van der Waals surface area contributed by atoms with Crippen LogP contribution in [0, 0.1) is 0 Å². The van der Waals surface area contributed by atoms with Gasteiger partial charge in [0, 0.05) is 23.0 Å². The monoisotopic (exact) mass is 267 g/mol. The average molecular weight is 267 g/mol. The number of benzene rings is 1. The molecule has 1 aromatic heterocycles. The van der Waals surface area contributed by atoms with Crippen LogP contribution in [0.5, 0.6) is 0 Å². The lowest BCUT2D eigenvalue weighted by Crippen LogP contribution is -2.25. The Bertz CT molecular complexity index is 624. The third-order valence-corrected chi connectivity index (χ3v) is 5.27. The molecule has 1 atom stereocenters. The van der Waals surface area contributed by atoms with E-state index in [9.17, 15) is 0 Å². The van der Waals surface area contributed by atoms with Gasteiger partial charge in [-0.2, -0.15) is 0 Å². The van der Waals surface area contributed by atoms with E-state index in [2.05, 4.69) is 47.1 Å². The summed E-state index contributed by atoms with van der Waals surface area (Å²) >= 11 is 1.90. The van der Waals surface area contributed by atoms with Crippen LogP contribution in [0.4, 0.5) is 0 Å². The third-order valence-electron chi connectivity index (χ3n) is 4.28. The van der Waals surface area contributed by atoms with E-state index in [1.54, 1.807) is 5.57 Å². The molecular formula is C17H17NS. The zero-order valence-corrected chi connectivity index (χ0v) is 11.7. The average Bonchev–Trinajstić information content (AvgIpc) is 3.00. The highest BCUT2D eigenvalue weighted by atomic mass is 32.1. The van der Waals surface area contributed by atoms with E-state index in [4.69, 9.17) is 0 Å². The van der Waals surface area contributed by atoms with E-state index in [1.807, 2.05) is 11.3 Å². The summed E-state index contributed by atoms with van der Waals surface area (Å²) in [5.41, 5.74) is 5.98. The summed E-state index contributed by atoms with van der Waals surface area (Å²) in [5, 5.41) is 5.85. The molecular weight excluding hydrogens is 250 g/mol. The standard InChI is InChI=1S/C17H17NS/c1-2-6-13-12(5-1)11-18-15-8-3-7-14(17(13)15)16-9-4-10-19-16/h1-2,4-6,9-10,14,18H,3,7-8,11H2. The molecule has 2 heteroatoms. The van der Waals surface area contributed by atoms with Crippen LogP contribution in [0.15, 0.2) is 47.5 Å². The Kier molecular flexibility index (Phi) is 2.70. The summed E-state index contributed by atoms with van der Waals surface area (Å²) in [5.74, 6) is 0.595. The van der Waals surface area contributed by atoms with Gasteiger partial charge in [0.15, 0.2) is 0 Å². The van der Waals surface area contributed by atoms with Crippen LogP contribution in [0.2, 0.25) is 0 Å². The van der Waals surface area contributed by atoms with Gasteiger partial charge in [-0.05, 0) is 47.4 Å². The first kappa shape index (κ1) is 11.3. The van der Waals surface area contributed by atoms with Crippen LogP contribution in [0.25, 0.3) is 5.57 Å². The summed E-state index contributed by atoms with van der Waals surface area (Å²) in [6.45, 7) is 0.992. The maximum absolute atomic E-state index is 3.65.